The van der Waals surface area contributed by atoms with E-state index in [0.29, 0.717) is 34.5 Å². The van der Waals surface area contributed by atoms with Crippen LogP contribution in [0.15, 0.2) is 133 Å². The van der Waals surface area contributed by atoms with E-state index >= 15 is 4.79 Å². The van der Waals surface area contributed by atoms with Crippen LogP contribution in [0.3, 0.4) is 0 Å². The molecule has 0 spiro atoms. The smallest absolute Gasteiger partial charge is 0.497 e. The molecule has 328 valence electrons. The van der Waals surface area contributed by atoms with Gasteiger partial charge in [-0.25, -0.2) is 0 Å². The van der Waals surface area contributed by atoms with Crippen molar-refractivity contribution in [3.05, 3.63) is 167 Å². The summed E-state index contributed by atoms with van der Waals surface area (Å²) in [5.41, 5.74) is 2.68. The van der Waals surface area contributed by atoms with E-state index in [0.717, 1.165) is 22.3 Å². The van der Waals surface area contributed by atoms with E-state index in [2.05, 4.69) is 74.4 Å². The molecule has 0 aromatic heterocycles. The number of para-hydroxylation sites is 4. The molecule has 0 saturated heterocycles. The molecule has 0 fully saturated rings. The highest BCUT2D eigenvalue weighted by Crippen LogP contribution is 2.55. The van der Waals surface area contributed by atoms with Gasteiger partial charge < -0.3 is 36.6 Å². The standard InChI is InChI=1S/C52H56O9P2/c1-34(2)37-20-12-16-24-43(37)56-62-58-45-26-18-14-22-41(45)51(6,7)52(8,9)42-23-15-19-27-46(42)59-63(57-44-25-17-13-21-40(44)50(3,4)5)61-48-33-36(55-11)29-31-39(48)49(53)38-30-28-35(54-10)32-47(38)60-62/h12-34H,1-11H3. The van der Waals surface area contributed by atoms with Crippen LogP contribution in [0, 0.1) is 0 Å². The van der Waals surface area contributed by atoms with E-state index in [-0.39, 0.29) is 34.0 Å². The van der Waals surface area contributed by atoms with Crippen molar-refractivity contribution < 1.29 is 41.4 Å². The Labute approximate surface area is 374 Å². The van der Waals surface area contributed by atoms with E-state index in [4.69, 9.17) is 36.6 Å². The number of hydrogen-bond acceptors (Lipinski definition) is 9. The zero-order valence-electron chi connectivity index (χ0n) is 37.8. The highest BCUT2D eigenvalue weighted by molar-refractivity contribution is 7.43. The third kappa shape index (κ3) is 9.61. The molecule has 1 aliphatic rings. The second-order valence-corrected chi connectivity index (χ2v) is 19.7. The fourth-order valence-electron chi connectivity index (χ4n) is 7.53. The van der Waals surface area contributed by atoms with Crippen LogP contribution < -0.4 is 36.6 Å². The maximum absolute atomic E-state index is 15.1. The summed E-state index contributed by atoms with van der Waals surface area (Å²) in [4.78, 5) is 15.1. The number of fused-ring (bicyclic) bond motifs is 4. The number of ether oxygens (including phenoxy) is 2. The number of benzene rings is 6. The van der Waals surface area contributed by atoms with Crippen molar-refractivity contribution >= 4 is 23.0 Å². The van der Waals surface area contributed by atoms with Gasteiger partial charge in [0.1, 0.15) is 46.0 Å². The third-order valence-electron chi connectivity index (χ3n) is 11.8. The molecule has 63 heavy (non-hydrogen) atoms. The van der Waals surface area contributed by atoms with Crippen LogP contribution in [-0.2, 0) is 16.2 Å². The predicted molar refractivity (Wildman–Crippen MR) is 252 cm³/mol. The van der Waals surface area contributed by atoms with Crippen molar-refractivity contribution in [3.63, 3.8) is 0 Å². The van der Waals surface area contributed by atoms with E-state index < -0.39 is 33.8 Å². The second kappa shape index (κ2) is 18.5. The van der Waals surface area contributed by atoms with Crippen molar-refractivity contribution in [1.29, 1.82) is 0 Å². The summed E-state index contributed by atoms with van der Waals surface area (Å²) in [6.07, 6.45) is 0. The molecule has 6 aromatic carbocycles. The molecule has 0 aliphatic carbocycles. The Morgan fingerprint density at radius 3 is 1.41 bits per heavy atom. The SMILES string of the molecule is COc1ccc2c(c1)OP(Oc1ccccc1C(C)C)Oc1ccccc1C(C)(C)C(C)(C)c1ccccc1OP(Oc1ccccc1C(C)(C)C)Oc1cc(OC)ccc1C2=O. The average Bonchev–Trinajstić information content (AvgIpc) is 3.26. The van der Waals surface area contributed by atoms with Crippen LogP contribution in [0.2, 0.25) is 0 Å². The van der Waals surface area contributed by atoms with Gasteiger partial charge in [0.15, 0.2) is 0 Å². The maximum atomic E-state index is 15.1. The summed E-state index contributed by atoms with van der Waals surface area (Å²) < 4.78 is 52.5. The minimum Gasteiger partial charge on any atom is -0.497 e. The molecular formula is C52H56O9P2. The minimum absolute atomic E-state index is 0.140. The molecule has 9 nitrogen and oxygen atoms in total. The summed E-state index contributed by atoms with van der Waals surface area (Å²) in [6.45, 7) is 19.3. The molecule has 11 heteroatoms. The summed E-state index contributed by atoms with van der Waals surface area (Å²) in [5, 5.41) is 0. The molecule has 2 unspecified atom stereocenters. The minimum atomic E-state index is -2.29. The first-order chi connectivity index (χ1) is 30.0. The van der Waals surface area contributed by atoms with Crippen LogP contribution in [0.5, 0.6) is 46.0 Å². The molecule has 0 saturated carbocycles. The molecule has 1 heterocycles. The Balaban J connectivity index is 1.48. The van der Waals surface area contributed by atoms with Gasteiger partial charge in [0.2, 0.25) is 5.78 Å². The lowest BCUT2D eigenvalue weighted by molar-refractivity contribution is 0.103. The van der Waals surface area contributed by atoms with E-state index in [9.17, 15) is 0 Å². The number of hydrogen-bond donors (Lipinski definition) is 0. The average molecular weight is 887 g/mol. The molecular weight excluding hydrogens is 831 g/mol. The Kier molecular flexibility index (Phi) is 13.3. The molecule has 2 atom stereocenters. The van der Waals surface area contributed by atoms with Gasteiger partial charge in [0.05, 0.1) is 25.3 Å². The Hall–Kier alpha value is -5.75. The normalized spacial score (nSPS) is 17.1. The van der Waals surface area contributed by atoms with Crippen molar-refractivity contribution in [3.8, 4) is 46.0 Å². The van der Waals surface area contributed by atoms with Gasteiger partial charge in [0.25, 0.3) is 0 Å². The van der Waals surface area contributed by atoms with Crippen LogP contribution in [0.1, 0.15) is 106 Å². The fourth-order valence-corrected chi connectivity index (χ4v) is 9.66. The molecule has 7 rings (SSSR count). The lowest BCUT2D eigenvalue weighted by Gasteiger charge is -2.44. The number of ketones is 1. The van der Waals surface area contributed by atoms with E-state index in [1.165, 1.54) is 0 Å². The number of rotatable bonds is 7. The van der Waals surface area contributed by atoms with Gasteiger partial charge >= 0.3 is 17.2 Å². The molecule has 0 amide bonds. The van der Waals surface area contributed by atoms with E-state index in [1.807, 2.05) is 84.9 Å². The zero-order chi connectivity index (χ0) is 45.1. The quantitative estimate of drug-likeness (QED) is 0.145. The fraction of sp³-hybridized carbons (Fsp3) is 0.288. The van der Waals surface area contributed by atoms with Crippen molar-refractivity contribution in [1.82, 2.24) is 0 Å². The maximum Gasteiger partial charge on any atom is 0.530 e. The largest absolute Gasteiger partial charge is 0.530 e. The molecule has 1 aliphatic heterocycles. The van der Waals surface area contributed by atoms with Crippen molar-refractivity contribution in [2.45, 2.75) is 84.5 Å². The Morgan fingerprint density at radius 2 is 0.937 bits per heavy atom. The Bertz CT molecular complexity index is 2580. The first kappa shape index (κ1) is 45.3. The lowest BCUT2D eigenvalue weighted by Crippen LogP contribution is -2.40. The monoisotopic (exact) mass is 886 g/mol. The van der Waals surface area contributed by atoms with Gasteiger partial charge in [0, 0.05) is 39.7 Å². The summed E-state index contributed by atoms with van der Waals surface area (Å²) >= 11 is 0. The van der Waals surface area contributed by atoms with E-state index in [1.54, 1.807) is 50.6 Å². The first-order valence-corrected chi connectivity index (χ1v) is 23.2. The van der Waals surface area contributed by atoms with Crippen LogP contribution in [0.4, 0.5) is 0 Å². The van der Waals surface area contributed by atoms with Gasteiger partial charge in [-0.05, 0) is 65.4 Å². The Morgan fingerprint density at radius 1 is 0.524 bits per heavy atom. The van der Waals surface area contributed by atoms with Crippen LogP contribution in [0.25, 0.3) is 0 Å². The zero-order valence-corrected chi connectivity index (χ0v) is 39.6. The molecule has 0 N–H and O–H groups in total. The second-order valence-electron chi connectivity index (χ2n) is 17.7. The number of carbonyl (C=O) groups excluding carboxylic acids is 1. The summed E-state index contributed by atoms with van der Waals surface area (Å²) in [5.74, 6) is 3.39. The van der Waals surface area contributed by atoms with Gasteiger partial charge in [-0.1, -0.05) is 135 Å². The topological polar surface area (TPSA) is 90.9 Å². The molecule has 6 aromatic rings. The van der Waals surface area contributed by atoms with Crippen molar-refractivity contribution in [2.75, 3.05) is 14.2 Å². The highest BCUT2D eigenvalue weighted by Gasteiger charge is 2.44. The van der Waals surface area contributed by atoms with Crippen LogP contribution in [-0.4, -0.2) is 20.0 Å². The summed E-state index contributed by atoms with van der Waals surface area (Å²) in [6, 6.07) is 41.6. The van der Waals surface area contributed by atoms with Crippen LogP contribution >= 0.6 is 17.2 Å². The lowest BCUT2D eigenvalue weighted by atomic mass is 9.60. The van der Waals surface area contributed by atoms with Gasteiger partial charge in [-0.2, -0.15) is 0 Å². The van der Waals surface area contributed by atoms with Gasteiger partial charge in [-0.15, -0.1) is 0 Å². The number of carbonyl (C=O) groups is 1. The molecule has 0 bridgehead atoms. The first-order valence-electron chi connectivity index (χ1n) is 21.0. The predicted octanol–water partition coefficient (Wildman–Crippen LogP) is 14.5. The third-order valence-corrected chi connectivity index (χ3v) is 13.9. The van der Waals surface area contributed by atoms with Gasteiger partial charge in [-0.3, -0.25) is 4.79 Å². The van der Waals surface area contributed by atoms with Crippen molar-refractivity contribution in [2.24, 2.45) is 0 Å². The summed E-state index contributed by atoms with van der Waals surface area (Å²) in [7, 11) is -1.44. The highest BCUT2D eigenvalue weighted by atomic mass is 31.2. The molecule has 0 radical (unpaired) electrons. The number of methoxy groups -OCH3 is 2.